The van der Waals surface area contributed by atoms with E-state index in [9.17, 15) is 0 Å². The average molecular weight is 207 g/mol. The molecule has 3 aliphatic rings. The zero-order chi connectivity index (χ0) is 10.5. The van der Waals surface area contributed by atoms with Crippen molar-refractivity contribution in [3.63, 3.8) is 0 Å². The summed E-state index contributed by atoms with van der Waals surface area (Å²) < 4.78 is 0. The van der Waals surface area contributed by atoms with Crippen molar-refractivity contribution in [2.45, 2.75) is 70.4 Å². The molecule has 1 heterocycles. The molecule has 3 rings (SSSR count). The second-order valence-electron chi connectivity index (χ2n) is 6.50. The van der Waals surface area contributed by atoms with Gasteiger partial charge in [-0.1, -0.05) is 20.3 Å². The first-order chi connectivity index (χ1) is 7.21. The lowest BCUT2D eigenvalue weighted by atomic mass is 9.72. The van der Waals surface area contributed by atoms with E-state index in [1.807, 2.05) is 0 Å². The molecule has 0 N–H and O–H groups in total. The van der Waals surface area contributed by atoms with Crippen LogP contribution in [0.3, 0.4) is 0 Å². The fraction of sp³-hybridized carbons (Fsp3) is 1.00. The van der Waals surface area contributed by atoms with Crippen molar-refractivity contribution in [3.8, 4) is 0 Å². The minimum atomic E-state index is 0.727. The molecule has 0 unspecified atom stereocenters. The Balaban J connectivity index is 1.59. The summed E-state index contributed by atoms with van der Waals surface area (Å²) in [6, 6.07) is 0.972. The van der Waals surface area contributed by atoms with Crippen LogP contribution in [-0.4, -0.2) is 23.0 Å². The number of rotatable bonds is 2. The number of piperidine rings is 1. The molecule has 0 bridgehead atoms. The molecule has 86 valence electrons. The van der Waals surface area contributed by atoms with Gasteiger partial charge < -0.3 is 0 Å². The fourth-order valence-corrected chi connectivity index (χ4v) is 3.80. The zero-order valence-corrected chi connectivity index (χ0v) is 10.3. The zero-order valence-electron chi connectivity index (χ0n) is 10.3. The first kappa shape index (κ1) is 10.1. The molecule has 2 aliphatic carbocycles. The Hall–Kier alpha value is -0.0400. The van der Waals surface area contributed by atoms with Gasteiger partial charge in [0.1, 0.15) is 0 Å². The molecule has 2 saturated carbocycles. The van der Waals surface area contributed by atoms with Crippen LogP contribution in [-0.2, 0) is 0 Å². The first-order valence-corrected chi connectivity index (χ1v) is 6.98. The van der Waals surface area contributed by atoms with Gasteiger partial charge in [-0.25, -0.2) is 0 Å². The summed E-state index contributed by atoms with van der Waals surface area (Å²) in [6.07, 6.45) is 10.5. The van der Waals surface area contributed by atoms with Crippen LogP contribution < -0.4 is 0 Å². The highest BCUT2D eigenvalue weighted by Crippen LogP contribution is 2.52. The van der Waals surface area contributed by atoms with Gasteiger partial charge in [-0.3, -0.25) is 4.90 Å². The van der Waals surface area contributed by atoms with Crippen LogP contribution in [0.5, 0.6) is 0 Å². The van der Waals surface area contributed by atoms with Gasteiger partial charge in [0.25, 0.3) is 0 Å². The molecule has 0 aromatic heterocycles. The second-order valence-corrected chi connectivity index (χ2v) is 6.50. The van der Waals surface area contributed by atoms with Crippen LogP contribution in [0.4, 0.5) is 0 Å². The average Bonchev–Trinajstić information content (AvgIpc) is 2.86. The van der Waals surface area contributed by atoms with Crippen molar-refractivity contribution in [3.05, 3.63) is 0 Å². The molecule has 0 atom stereocenters. The van der Waals surface area contributed by atoms with E-state index in [2.05, 4.69) is 18.7 Å². The molecular weight excluding hydrogens is 182 g/mol. The standard InChI is InChI=1S/C14H25N/c1-11(2)12-9-13(10-12)15-8-4-3-5-14(15)6-7-14/h11-13H,3-10H2,1-2H3. The molecule has 1 saturated heterocycles. The number of hydrogen-bond donors (Lipinski definition) is 0. The third-order valence-corrected chi connectivity index (χ3v) is 5.26. The van der Waals surface area contributed by atoms with Crippen molar-refractivity contribution in [1.82, 2.24) is 4.90 Å². The quantitative estimate of drug-likeness (QED) is 0.670. The number of hydrogen-bond acceptors (Lipinski definition) is 1. The molecular formula is C14H25N. The predicted octanol–water partition coefficient (Wildman–Crippen LogP) is 3.44. The van der Waals surface area contributed by atoms with E-state index < -0.39 is 0 Å². The largest absolute Gasteiger partial charge is 0.295 e. The Morgan fingerprint density at radius 2 is 1.80 bits per heavy atom. The van der Waals surface area contributed by atoms with Crippen molar-refractivity contribution < 1.29 is 0 Å². The topological polar surface area (TPSA) is 3.24 Å². The summed E-state index contributed by atoms with van der Waals surface area (Å²) in [7, 11) is 0. The lowest BCUT2D eigenvalue weighted by molar-refractivity contribution is -0.00427. The highest BCUT2D eigenvalue weighted by molar-refractivity contribution is 5.09. The summed E-state index contributed by atoms with van der Waals surface area (Å²) in [5.74, 6) is 1.95. The Morgan fingerprint density at radius 1 is 1.07 bits per heavy atom. The van der Waals surface area contributed by atoms with E-state index in [-0.39, 0.29) is 0 Å². The summed E-state index contributed by atoms with van der Waals surface area (Å²) in [4.78, 5) is 2.91. The SMILES string of the molecule is CC(C)C1CC(N2CCCCC23CC3)C1. The molecule has 15 heavy (non-hydrogen) atoms. The van der Waals surface area contributed by atoms with Gasteiger partial charge in [0.15, 0.2) is 0 Å². The molecule has 1 nitrogen and oxygen atoms in total. The summed E-state index contributed by atoms with van der Waals surface area (Å²) >= 11 is 0. The van der Waals surface area contributed by atoms with Gasteiger partial charge in [-0.15, -0.1) is 0 Å². The van der Waals surface area contributed by atoms with Crippen molar-refractivity contribution in [1.29, 1.82) is 0 Å². The monoisotopic (exact) mass is 207 g/mol. The maximum Gasteiger partial charge on any atom is 0.0213 e. The minimum Gasteiger partial charge on any atom is -0.295 e. The molecule has 0 radical (unpaired) electrons. The Labute approximate surface area is 94.2 Å². The van der Waals surface area contributed by atoms with E-state index in [1.54, 1.807) is 0 Å². The van der Waals surface area contributed by atoms with Crippen LogP contribution in [0.15, 0.2) is 0 Å². The normalized spacial score (nSPS) is 39.4. The second kappa shape index (κ2) is 3.48. The van der Waals surface area contributed by atoms with E-state index in [0.717, 1.165) is 23.4 Å². The van der Waals surface area contributed by atoms with Crippen LogP contribution in [0.2, 0.25) is 0 Å². The highest BCUT2D eigenvalue weighted by Gasteiger charge is 2.53. The highest BCUT2D eigenvalue weighted by atomic mass is 15.3. The third kappa shape index (κ3) is 1.63. The minimum absolute atomic E-state index is 0.727. The predicted molar refractivity (Wildman–Crippen MR) is 63.9 cm³/mol. The van der Waals surface area contributed by atoms with Crippen LogP contribution in [0.1, 0.15) is 58.8 Å². The van der Waals surface area contributed by atoms with Crippen LogP contribution in [0, 0.1) is 11.8 Å². The summed E-state index contributed by atoms with van der Waals surface area (Å²) in [5.41, 5.74) is 0.727. The third-order valence-electron chi connectivity index (χ3n) is 5.26. The molecule has 0 aromatic carbocycles. The molecule has 0 aromatic rings. The lowest BCUT2D eigenvalue weighted by Crippen LogP contribution is -2.53. The summed E-state index contributed by atoms with van der Waals surface area (Å²) in [6.45, 7) is 6.20. The van der Waals surface area contributed by atoms with Gasteiger partial charge in [0.2, 0.25) is 0 Å². The molecule has 1 spiro atoms. The van der Waals surface area contributed by atoms with Gasteiger partial charge >= 0.3 is 0 Å². The van der Waals surface area contributed by atoms with E-state index in [4.69, 9.17) is 0 Å². The molecule has 0 amide bonds. The maximum absolute atomic E-state index is 2.91. The maximum atomic E-state index is 2.91. The first-order valence-electron chi connectivity index (χ1n) is 6.98. The smallest absolute Gasteiger partial charge is 0.0213 e. The molecule has 1 aliphatic heterocycles. The fourth-order valence-electron chi connectivity index (χ4n) is 3.80. The van der Waals surface area contributed by atoms with Gasteiger partial charge in [-0.05, 0) is 56.9 Å². The summed E-state index contributed by atoms with van der Waals surface area (Å²) in [5, 5.41) is 0. The van der Waals surface area contributed by atoms with Crippen LogP contribution >= 0.6 is 0 Å². The van der Waals surface area contributed by atoms with Crippen LogP contribution in [0.25, 0.3) is 0 Å². The molecule has 1 heteroatoms. The number of likely N-dealkylation sites (tertiary alicyclic amines) is 1. The Kier molecular flexibility index (Phi) is 2.35. The van der Waals surface area contributed by atoms with Crippen molar-refractivity contribution in [2.24, 2.45) is 11.8 Å². The van der Waals surface area contributed by atoms with Gasteiger partial charge in [0.05, 0.1) is 0 Å². The van der Waals surface area contributed by atoms with E-state index in [1.165, 1.54) is 51.5 Å². The Bertz CT molecular complexity index is 236. The molecule has 3 fully saturated rings. The van der Waals surface area contributed by atoms with Crippen molar-refractivity contribution >= 4 is 0 Å². The van der Waals surface area contributed by atoms with Gasteiger partial charge in [0, 0.05) is 11.6 Å². The number of nitrogens with zero attached hydrogens (tertiary/aromatic N) is 1. The van der Waals surface area contributed by atoms with E-state index >= 15 is 0 Å². The van der Waals surface area contributed by atoms with Crippen molar-refractivity contribution in [2.75, 3.05) is 6.54 Å². The van der Waals surface area contributed by atoms with Gasteiger partial charge in [-0.2, -0.15) is 0 Å². The Morgan fingerprint density at radius 3 is 2.40 bits per heavy atom. The lowest BCUT2D eigenvalue weighted by Gasteiger charge is -2.50. The van der Waals surface area contributed by atoms with E-state index in [0.29, 0.717) is 0 Å².